The number of benzene rings is 3. The Morgan fingerprint density at radius 3 is 2.70 bits per heavy atom. The second-order valence-electron chi connectivity index (χ2n) is 6.32. The number of hydrogen-bond donors (Lipinski definition) is 1. The summed E-state index contributed by atoms with van der Waals surface area (Å²) in [5.41, 5.74) is 4.47. The topological polar surface area (TPSA) is 37.9 Å². The average molecular weight is 358 g/mol. The van der Waals surface area contributed by atoms with E-state index in [-0.39, 0.29) is 5.82 Å². The van der Waals surface area contributed by atoms with E-state index in [1.165, 1.54) is 17.7 Å². The summed E-state index contributed by atoms with van der Waals surface area (Å²) in [7, 11) is 0. The van der Waals surface area contributed by atoms with E-state index < -0.39 is 0 Å². The highest BCUT2D eigenvalue weighted by Crippen LogP contribution is 2.28. The Morgan fingerprint density at radius 2 is 1.89 bits per heavy atom. The molecule has 1 N–H and O–H groups in total. The molecule has 0 bridgehead atoms. The van der Waals surface area contributed by atoms with Crippen molar-refractivity contribution in [3.63, 3.8) is 0 Å². The van der Waals surface area contributed by atoms with Crippen LogP contribution in [0.25, 0.3) is 22.6 Å². The Hall–Kier alpha value is -3.40. The number of allylic oxidation sites excluding steroid dienone is 1. The van der Waals surface area contributed by atoms with Crippen LogP contribution in [-0.4, -0.2) is 10.2 Å². The summed E-state index contributed by atoms with van der Waals surface area (Å²) in [6.07, 6.45) is 4.91. The molecule has 4 aromatic rings. The van der Waals surface area contributed by atoms with Gasteiger partial charge in [0.15, 0.2) is 0 Å². The van der Waals surface area contributed by atoms with Crippen LogP contribution >= 0.6 is 0 Å². The molecule has 0 unspecified atom stereocenters. The number of ether oxygens (including phenoxy) is 1. The molecule has 4 heteroatoms. The monoisotopic (exact) mass is 358 g/mol. The van der Waals surface area contributed by atoms with Gasteiger partial charge in [-0.1, -0.05) is 31.2 Å². The van der Waals surface area contributed by atoms with E-state index in [1.54, 1.807) is 12.1 Å². The molecule has 0 aliphatic rings. The summed E-state index contributed by atoms with van der Waals surface area (Å²) in [5, 5.41) is 8.13. The molecule has 0 spiro atoms. The minimum Gasteiger partial charge on any atom is -0.457 e. The largest absolute Gasteiger partial charge is 0.457 e. The third-order valence-electron chi connectivity index (χ3n) is 4.44. The van der Waals surface area contributed by atoms with E-state index in [0.29, 0.717) is 5.75 Å². The van der Waals surface area contributed by atoms with Crippen LogP contribution in [0, 0.1) is 5.82 Å². The maximum absolute atomic E-state index is 13.1. The summed E-state index contributed by atoms with van der Waals surface area (Å²) < 4.78 is 18.9. The number of H-pyrrole nitrogens is 1. The third-order valence-corrected chi connectivity index (χ3v) is 4.44. The number of rotatable bonds is 5. The third kappa shape index (κ3) is 3.90. The second kappa shape index (κ2) is 7.46. The molecule has 4 rings (SSSR count). The number of aromatic nitrogens is 2. The fraction of sp³-hybridized carbons (Fsp3) is 0.0870. The Labute approximate surface area is 157 Å². The van der Waals surface area contributed by atoms with E-state index in [4.69, 9.17) is 4.74 Å². The van der Waals surface area contributed by atoms with Crippen molar-refractivity contribution in [1.29, 1.82) is 0 Å². The molecule has 0 aliphatic heterocycles. The molecule has 0 amide bonds. The molecule has 3 aromatic carbocycles. The van der Waals surface area contributed by atoms with E-state index in [0.717, 1.165) is 34.2 Å². The van der Waals surface area contributed by atoms with Crippen molar-refractivity contribution in [1.82, 2.24) is 10.2 Å². The Kier molecular flexibility index (Phi) is 4.71. The quantitative estimate of drug-likeness (QED) is 0.417. The summed E-state index contributed by atoms with van der Waals surface area (Å²) >= 11 is 0. The van der Waals surface area contributed by atoms with E-state index in [9.17, 15) is 4.39 Å². The number of aromatic amines is 1. The Balaban J connectivity index is 1.62. The van der Waals surface area contributed by atoms with Crippen LogP contribution in [0.4, 0.5) is 4.39 Å². The number of hydrogen-bond acceptors (Lipinski definition) is 2. The minimum atomic E-state index is -0.276. The normalized spacial score (nSPS) is 11.7. The van der Waals surface area contributed by atoms with Gasteiger partial charge in [-0.15, -0.1) is 0 Å². The first-order chi connectivity index (χ1) is 13.2. The molecule has 27 heavy (non-hydrogen) atoms. The molecular weight excluding hydrogens is 339 g/mol. The van der Waals surface area contributed by atoms with Gasteiger partial charge in [0.1, 0.15) is 17.3 Å². The highest BCUT2D eigenvalue weighted by molar-refractivity contribution is 5.86. The lowest BCUT2D eigenvalue weighted by Gasteiger charge is -2.10. The number of nitrogens with one attached hydrogen (secondary N) is 1. The highest BCUT2D eigenvalue weighted by atomic mass is 19.1. The van der Waals surface area contributed by atoms with Gasteiger partial charge in [0.25, 0.3) is 0 Å². The van der Waals surface area contributed by atoms with E-state index >= 15 is 0 Å². The van der Waals surface area contributed by atoms with Crippen LogP contribution < -0.4 is 4.74 Å². The van der Waals surface area contributed by atoms with Gasteiger partial charge in [0.05, 0.1) is 11.7 Å². The zero-order valence-corrected chi connectivity index (χ0v) is 14.9. The standard InChI is InChI=1S/C23H19FN2O/c1-2-17(12-16-6-11-23-19(13-16)15-25-26-23)18-4-3-5-22(14-18)27-21-9-7-20(24)8-10-21/h3-15H,2H2,1H3,(H,25,26)/b17-12+. The first-order valence-electron chi connectivity index (χ1n) is 8.89. The molecule has 1 aromatic heterocycles. The molecule has 0 fully saturated rings. The van der Waals surface area contributed by atoms with Gasteiger partial charge in [0.2, 0.25) is 0 Å². The van der Waals surface area contributed by atoms with Crippen LogP contribution in [0.1, 0.15) is 24.5 Å². The van der Waals surface area contributed by atoms with E-state index in [2.05, 4.69) is 41.4 Å². The van der Waals surface area contributed by atoms with E-state index in [1.807, 2.05) is 30.5 Å². The van der Waals surface area contributed by atoms with Gasteiger partial charge >= 0.3 is 0 Å². The maximum Gasteiger partial charge on any atom is 0.128 e. The molecule has 0 radical (unpaired) electrons. The van der Waals surface area contributed by atoms with Gasteiger partial charge in [-0.25, -0.2) is 4.39 Å². The van der Waals surface area contributed by atoms with Crippen molar-refractivity contribution in [3.05, 3.63) is 89.9 Å². The number of fused-ring (bicyclic) bond motifs is 1. The number of halogens is 1. The van der Waals surface area contributed by atoms with Crippen LogP contribution in [-0.2, 0) is 0 Å². The zero-order chi connectivity index (χ0) is 18.6. The van der Waals surface area contributed by atoms with Gasteiger partial charge in [-0.2, -0.15) is 5.10 Å². The lowest BCUT2D eigenvalue weighted by molar-refractivity contribution is 0.480. The summed E-state index contributed by atoms with van der Waals surface area (Å²) in [5.74, 6) is 1.06. The summed E-state index contributed by atoms with van der Waals surface area (Å²) in [6.45, 7) is 2.13. The van der Waals surface area contributed by atoms with Gasteiger partial charge in [-0.05, 0) is 71.7 Å². The molecular formula is C23H19FN2O. The lowest BCUT2D eigenvalue weighted by atomic mass is 10.00. The lowest BCUT2D eigenvalue weighted by Crippen LogP contribution is -1.88. The van der Waals surface area contributed by atoms with Crippen molar-refractivity contribution in [2.75, 3.05) is 0 Å². The van der Waals surface area contributed by atoms with Crippen molar-refractivity contribution >= 4 is 22.6 Å². The van der Waals surface area contributed by atoms with Gasteiger partial charge < -0.3 is 4.74 Å². The fourth-order valence-electron chi connectivity index (χ4n) is 3.04. The predicted molar refractivity (Wildman–Crippen MR) is 107 cm³/mol. The van der Waals surface area contributed by atoms with Crippen molar-refractivity contribution in [2.45, 2.75) is 13.3 Å². The summed E-state index contributed by atoms with van der Waals surface area (Å²) in [6, 6.07) is 20.2. The van der Waals surface area contributed by atoms with Crippen LogP contribution in [0.2, 0.25) is 0 Å². The van der Waals surface area contributed by atoms with Crippen molar-refractivity contribution in [3.8, 4) is 11.5 Å². The van der Waals surface area contributed by atoms with Crippen LogP contribution in [0.3, 0.4) is 0 Å². The second-order valence-corrected chi connectivity index (χ2v) is 6.32. The Bertz CT molecular complexity index is 1100. The molecule has 1 heterocycles. The smallest absolute Gasteiger partial charge is 0.128 e. The van der Waals surface area contributed by atoms with Crippen molar-refractivity contribution < 1.29 is 9.13 Å². The molecule has 134 valence electrons. The number of nitrogens with zero attached hydrogens (tertiary/aromatic N) is 1. The highest BCUT2D eigenvalue weighted by Gasteiger charge is 2.05. The SMILES string of the molecule is CC/C(=C\c1ccc2[nH]ncc2c1)c1cccc(Oc2ccc(F)cc2)c1. The average Bonchev–Trinajstić information content (AvgIpc) is 3.16. The fourth-order valence-corrected chi connectivity index (χ4v) is 3.04. The minimum absolute atomic E-state index is 0.276. The molecule has 0 saturated heterocycles. The zero-order valence-electron chi connectivity index (χ0n) is 14.9. The maximum atomic E-state index is 13.1. The van der Waals surface area contributed by atoms with Crippen LogP contribution in [0.15, 0.2) is 72.9 Å². The van der Waals surface area contributed by atoms with Crippen LogP contribution in [0.5, 0.6) is 11.5 Å². The molecule has 0 aliphatic carbocycles. The summed E-state index contributed by atoms with van der Waals surface area (Å²) in [4.78, 5) is 0. The first kappa shape index (κ1) is 17.0. The van der Waals surface area contributed by atoms with Gasteiger partial charge in [0, 0.05) is 5.39 Å². The molecule has 0 atom stereocenters. The predicted octanol–water partition coefficient (Wildman–Crippen LogP) is 6.44. The Morgan fingerprint density at radius 1 is 1.04 bits per heavy atom. The van der Waals surface area contributed by atoms with Gasteiger partial charge in [-0.3, -0.25) is 5.10 Å². The molecule has 0 saturated carbocycles. The van der Waals surface area contributed by atoms with Crippen molar-refractivity contribution in [2.24, 2.45) is 0 Å². The first-order valence-corrected chi connectivity index (χ1v) is 8.89. The molecule has 3 nitrogen and oxygen atoms in total.